The van der Waals surface area contributed by atoms with Crippen molar-refractivity contribution < 1.29 is 14.3 Å². The molecule has 0 aromatic heterocycles. The van der Waals surface area contributed by atoms with Gasteiger partial charge in [-0.3, -0.25) is 4.79 Å². The highest BCUT2D eigenvalue weighted by molar-refractivity contribution is 9.10. The monoisotopic (exact) mass is 433 g/mol. The van der Waals surface area contributed by atoms with Crippen LogP contribution >= 0.6 is 15.9 Å². The van der Waals surface area contributed by atoms with E-state index in [1.807, 2.05) is 31.2 Å². The second kappa shape index (κ2) is 11.7. The van der Waals surface area contributed by atoms with E-state index in [0.29, 0.717) is 24.5 Å². The van der Waals surface area contributed by atoms with Gasteiger partial charge in [0.2, 0.25) is 0 Å². The Labute approximate surface area is 170 Å². The largest absolute Gasteiger partial charge is 0.494 e. The van der Waals surface area contributed by atoms with Gasteiger partial charge < -0.3 is 14.8 Å². The number of anilines is 1. The number of hydrogen-bond donors (Lipinski definition) is 1. The van der Waals surface area contributed by atoms with E-state index < -0.39 is 0 Å². The molecule has 2 aromatic rings. The van der Waals surface area contributed by atoms with E-state index in [4.69, 9.17) is 9.47 Å². The van der Waals surface area contributed by atoms with Gasteiger partial charge in [0.25, 0.3) is 5.91 Å². The summed E-state index contributed by atoms with van der Waals surface area (Å²) in [4.78, 5) is 12.5. The summed E-state index contributed by atoms with van der Waals surface area (Å²) < 4.78 is 12.0. The predicted octanol–water partition coefficient (Wildman–Crippen LogP) is 6.45. The third-order valence-electron chi connectivity index (χ3n) is 4.10. The van der Waals surface area contributed by atoms with E-state index in [0.717, 1.165) is 22.4 Å². The first-order valence-corrected chi connectivity index (χ1v) is 10.4. The molecule has 0 saturated heterocycles. The first-order valence-electron chi connectivity index (χ1n) is 9.60. The number of benzene rings is 2. The van der Waals surface area contributed by atoms with Crippen LogP contribution in [0.1, 0.15) is 56.3 Å². The van der Waals surface area contributed by atoms with E-state index >= 15 is 0 Å². The highest BCUT2D eigenvalue weighted by Gasteiger charge is 2.10. The van der Waals surface area contributed by atoms with Crippen LogP contribution in [0.3, 0.4) is 0 Å². The minimum atomic E-state index is -0.171. The Morgan fingerprint density at radius 2 is 1.81 bits per heavy atom. The molecule has 2 rings (SSSR count). The van der Waals surface area contributed by atoms with Crippen LogP contribution in [0.15, 0.2) is 46.9 Å². The number of amides is 1. The number of hydrogen-bond acceptors (Lipinski definition) is 3. The summed E-state index contributed by atoms with van der Waals surface area (Å²) in [6, 6.07) is 12.8. The molecule has 0 aliphatic heterocycles. The molecule has 2 aromatic carbocycles. The van der Waals surface area contributed by atoms with Crippen molar-refractivity contribution in [1.29, 1.82) is 0 Å². The van der Waals surface area contributed by atoms with Crippen molar-refractivity contribution >= 4 is 27.5 Å². The minimum Gasteiger partial charge on any atom is -0.494 e. The molecular weight excluding hydrogens is 406 g/mol. The van der Waals surface area contributed by atoms with Crippen molar-refractivity contribution in [3.05, 3.63) is 52.5 Å². The number of halogens is 1. The third kappa shape index (κ3) is 7.25. The summed E-state index contributed by atoms with van der Waals surface area (Å²) >= 11 is 3.44. The zero-order valence-corrected chi connectivity index (χ0v) is 17.7. The van der Waals surface area contributed by atoms with Gasteiger partial charge in [0, 0.05) is 17.3 Å². The Morgan fingerprint density at radius 1 is 1.00 bits per heavy atom. The van der Waals surface area contributed by atoms with Crippen LogP contribution in [0.4, 0.5) is 5.69 Å². The molecule has 0 unspecified atom stereocenters. The van der Waals surface area contributed by atoms with Gasteiger partial charge in [0.05, 0.1) is 17.7 Å². The van der Waals surface area contributed by atoms with Gasteiger partial charge in [-0.2, -0.15) is 0 Å². The summed E-state index contributed by atoms with van der Waals surface area (Å²) in [5.41, 5.74) is 1.28. The van der Waals surface area contributed by atoms with Crippen molar-refractivity contribution in [1.82, 2.24) is 0 Å². The average molecular weight is 434 g/mol. The number of rotatable bonds is 11. The predicted molar refractivity (Wildman–Crippen MR) is 114 cm³/mol. The molecule has 0 atom stereocenters. The van der Waals surface area contributed by atoms with Gasteiger partial charge in [-0.1, -0.05) is 38.7 Å². The summed E-state index contributed by atoms with van der Waals surface area (Å²) in [6.07, 6.45) is 6.03. The Kier molecular flexibility index (Phi) is 9.19. The normalized spacial score (nSPS) is 10.5. The van der Waals surface area contributed by atoms with Gasteiger partial charge in [0.1, 0.15) is 11.5 Å². The SMILES string of the molecule is CCCCCCCOc1cccc(NC(=O)c2ccc(OCC)c(Br)c2)c1. The molecule has 146 valence electrons. The topological polar surface area (TPSA) is 47.6 Å². The summed E-state index contributed by atoms with van der Waals surface area (Å²) in [7, 11) is 0. The summed E-state index contributed by atoms with van der Waals surface area (Å²) in [6.45, 7) is 5.41. The Hall–Kier alpha value is -2.01. The van der Waals surface area contributed by atoms with Crippen LogP contribution in [0.25, 0.3) is 0 Å². The fourth-order valence-corrected chi connectivity index (χ4v) is 3.17. The maximum Gasteiger partial charge on any atom is 0.255 e. The molecule has 1 N–H and O–H groups in total. The van der Waals surface area contributed by atoms with Crippen LogP contribution in [0.2, 0.25) is 0 Å². The Morgan fingerprint density at radius 3 is 2.56 bits per heavy atom. The Balaban J connectivity index is 1.89. The van der Waals surface area contributed by atoms with Crippen LogP contribution in [0, 0.1) is 0 Å². The molecule has 0 heterocycles. The molecule has 0 saturated carbocycles. The lowest BCUT2D eigenvalue weighted by Crippen LogP contribution is -2.12. The van der Waals surface area contributed by atoms with Gasteiger partial charge >= 0.3 is 0 Å². The molecule has 0 fully saturated rings. The molecule has 0 aliphatic carbocycles. The van der Waals surface area contributed by atoms with Crippen molar-refractivity contribution in [2.24, 2.45) is 0 Å². The van der Waals surface area contributed by atoms with Gasteiger partial charge in [-0.05, 0) is 59.6 Å². The number of nitrogens with one attached hydrogen (secondary N) is 1. The smallest absolute Gasteiger partial charge is 0.255 e. The molecular formula is C22H28BrNO3. The maximum absolute atomic E-state index is 12.5. The zero-order valence-electron chi connectivity index (χ0n) is 16.1. The highest BCUT2D eigenvalue weighted by Crippen LogP contribution is 2.26. The lowest BCUT2D eigenvalue weighted by atomic mass is 10.2. The molecule has 0 spiro atoms. The fraction of sp³-hybridized carbons (Fsp3) is 0.409. The average Bonchev–Trinajstić information content (AvgIpc) is 2.66. The third-order valence-corrected chi connectivity index (χ3v) is 4.72. The summed E-state index contributed by atoms with van der Waals surface area (Å²) in [5.74, 6) is 1.33. The van der Waals surface area contributed by atoms with Crippen LogP contribution in [-0.4, -0.2) is 19.1 Å². The van der Waals surface area contributed by atoms with Crippen molar-refractivity contribution in [2.45, 2.75) is 46.0 Å². The molecule has 1 amide bonds. The molecule has 27 heavy (non-hydrogen) atoms. The second-order valence-corrected chi connectivity index (χ2v) is 7.18. The van der Waals surface area contributed by atoms with E-state index in [2.05, 4.69) is 28.2 Å². The van der Waals surface area contributed by atoms with E-state index in [1.54, 1.807) is 18.2 Å². The lowest BCUT2D eigenvalue weighted by Gasteiger charge is -2.10. The number of carbonyl (C=O) groups is 1. The van der Waals surface area contributed by atoms with Gasteiger partial charge in [-0.15, -0.1) is 0 Å². The van der Waals surface area contributed by atoms with E-state index in [9.17, 15) is 4.79 Å². The molecule has 5 heteroatoms. The van der Waals surface area contributed by atoms with Crippen LogP contribution in [-0.2, 0) is 0 Å². The fourth-order valence-electron chi connectivity index (χ4n) is 2.68. The van der Waals surface area contributed by atoms with Gasteiger partial charge in [0.15, 0.2) is 0 Å². The first-order chi connectivity index (χ1) is 13.1. The lowest BCUT2D eigenvalue weighted by molar-refractivity contribution is 0.102. The van der Waals surface area contributed by atoms with E-state index in [1.165, 1.54) is 25.7 Å². The first kappa shape index (κ1) is 21.3. The van der Waals surface area contributed by atoms with Crippen molar-refractivity contribution in [3.63, 3.8) is 0 Å². The number of ether oxygens (including phenoxy) is 2. The molecule has 0 bridgehead atoms. The number of unbranched alkanes of at least 4 members (excludes halogenated alkanes) is 4. The highest BCUT2D eigenvalue weighted by atomic mass is 79.9. The number of carbonyl (C=O) groups excluding carboxylic acids is 1. The molecule has 4 nitrogen and oxygen atoms in total. The molecule has 0 radical (unpaired) electrons. The maximum atomic E-state index is 12.5. The van der Waals surface area contributed by atoms with Crippen molar-refractivity contribution in [3.8, 4) is 11.5 Å². The van der Waals surface area contributed by atoms with Crippen LogP contribution in [0.5, 0.6) is 11.5 Å². The summed E-state index contributed by atoms with van der Waals surface area (Å²) in [5, 5.41) is 2.92. The van der Waals surface area contributed by atoms with Crippen LogP contribution < -0.4 is 14.8 Å². The van der Waals surface area contributed by atoms with Gasteiger partial charge in [-0.25, -0.2) is 0 Å². The zero-order chi connectivity index (χ0) is 19.5. The quantitative estimate of drug-likeness (QED) is 0.414. The second-order valence-electron chi connectivity index (χ2n) is 6.32. The molecule has 0 aliphatic rings. The standard InChI is InChI=1S/C22H28BrNO3/c1-3-5-6-7-8-14-27-19-11-9-10-18(16-19)24-22(25)17-12-13-21(26-4-2)20(23)15-17/h9-13,15-16H,3-8,14H2,1-2H3,(H,24,25). The van der Waals surface area contributed by atoms with E-state index in [-0.39, 0.29) is 5.91 Å². The van der Waals surface area contributed by atoms with Crippen molar-refractivity contribution in [2.75, 3.05) is 18.5 Å². The Bertz CT molecular complexity index is 733. The minimum absolute atomic E-state index is 0.171.